The first-order valence-electron chi connectivity index (χ1n) is 7.30. The molecule has 0 aliphatic rings. The lowest BCUT2D eigenvalue weighted by Gasteiger charge is -2.20. The van der Waals surface area contributed by atoms with E-state index in [4.69, 9.17) is 14.6 Å². The van der Waals surface area contributed by atoms with Crippen LogP contribution in [-0.2, 0) is 23.9 Å². The smallest absolute Gasteiger partial charge is 0.311 e. The minimum Gasteiger partial charge on any atom is -0.481 e. The van der Waals surface area contributed by atoms with Gasteiger partial charge >= 0.3 is 17.9 Å². The molecule has 6 nitrogen and oxygen atoms in total. The molecule has 0 fully saturated rings. The molecule has 1 N–H and O–H groups in total. The van der Waals surface area contributed by atoms with Gasteiger partial charge in [-0.15, -0.1) is 0 Å². The van der Waals surface area contributed by atoms with E-state index in [0.29, 0.717) is 19.3 Å². The number of hydrogen-bond donors (Lipinski definition) is 1. The Morgan fingerprint density at radius 3 is 2.14 bits per heavy atom. The van der Waals surface area contributed by atoms with Crippen LogP contribution in [0.5, 0.6) is 0 Å². The van der Waals surface area contributed by atoms with Gasteiger partial charge in [0.05, 0.1) is 17.8 Å². The zero-order valence-electron chi connectivity index (χ0n) is 13.3. The fourth-order valence-corrected chi connectivity index (χ4v) is 1.55. The second-order valence-electron chi connectivity index (χ2n) is 5.62. The standard InChI is InChI=1S/C15H26O6/c1-5-7-11(13(17)18)10-12(16)20-8-9-21-14(19)15(3,4)6-2/h11H,5-10H2,1-4H3,(H,17,18). The van der Waals surface area contributed by atoms with Gasteiger partial charge in [0, 0.05) is 0 Å². The third kappa shape index (κ3) is 7.68. The van der Waals surface area contributed by atoms with Crippen molar-refractivity contribution in [2.75, 3.05) is 13.2 Å². The van der Waals surface area contributed by atoms with Crippen LogP contribution in [0.3, 0.4) is 0 Å². The molecule has 0 amide bonds. The van der Waals surface area contributed by atoms with Gasteiger partial charge in [-0.1, -0.05) is 20.3 Å². The first-order valence-corrected chi connectivity index (χ1v) is 7.30. The first-order chi connectivity index (χ1) is 9.74. The summed E-state index contributed by atoms with van der Waals surface area (Å²) in [4.78, 5) is 34.1. The quantitative estimate of drug-likeness (QED) is 0.492. The predicted molar refractivity (Wildman–Crippen MR) is 76.6 cm³/mol. The Hall–Kier alpha value is -1.59. The molecular formula is C15H26O6. The highest BCUT2D eigenvalue weighted by Crippen LogP contribution is 2.21. The summed E-state index contributed by atoms with van der Waals surface area (Å²) in [7, 11) is 0. The van der Waals surface area contributed by atoms with Crippen LogP contribution in [-0.4, -0.2) is 36.2 Å². The van der Waals surface area contributed by atoms with Gasteiger partial charge in [-0.05, 0) is 26.7 Å². The Morgan fingerprint density at radius 2 is 1.67 bits per heavy atom. The second-order valence-corrected chi connectivity index (χ2v) is 5.62. The van der Waals surface area contributed by atoms with E-state index in [1.807, 2.05) is 13.8 Å². The Morgan fingerprint density at radius 1 is 1.10 bits per heavy atom. The molecule has 1 atom stereocenters. The summed E-state index contributed by atoms with van der Waals surface area (Å²) >= 11 is 0. The monoisotopic (exact) mass is 302 g/mol. The molecule has 0 aromatic carbocycles. The van der Waals surface area contributed by atoms with Crippen LogP contribution in [0.2, 0.25) is 0 Å². The maximum absolute atomic E-state index is 11.7. The topological polar surface area (TPSA) is 89.9 Å². The maximum Gasteiger partial charge on any atom is 0.311 e. The van der Waals surface area contributed by atoms with Gasteiger partial charge in [-0.2, -0.15) is 0 Å². The number of ether oxygens (including phenoxy) is 2. The van der Waals surface area contributed by atoms with E-state index in [-0.39, 0.29) is 25.6 Å². The lowest BCUT2D eigenvalue weighted by molar-refractivity contribution is -0.160. The van der Waals surface area contributed by atoms with E-state index >= 15 is 0 Å². The zero-order valence-corrected chi connectivity index (χ0v) is 13.3. The highest BCUT2D eigenvalue weighted by atomic mass is 16.6. The Labute approximate surface area is 125 Å². The Bertz CT molecular complexity index is 361. The number of rotatable bonds is 10. The predicted octanol–water partition coefficient (Wildman–Crippen LogP) is 2.40. The molecule has 0 spiro atoms. The molecule has 0 radical (unpaired) electrons. The van der Waals surface area contributed by atoms with Gasteiger partial charge < -0.3 is 14.6 Å². The molecule has 0 aromatic heterocycles. The van der Waals surface area contributed by atoms with E-state index in [2.05, 4.69) is 0 Å². The van der Waals surface area contributed by atoms with Gasteiger partial charge in [0.2, 0.25) is 0 Å². The zero-order chi connectivity index (χ0) is 16.5. The maximum atomic E-state index is 11.7. The second kappa shape index (κ2) is 9.37. The van der Waals surface area contributed by atoms with E-state index in [9.17, 15) is 14.4 Å². The Kier molecular flexibility index (Phi) is 8.66. The van der Waals surface area contributed by atoms with E-state index < -0.39 is 23.3 Å². The van der Waals surface area contributed by atoms with Crippen LogP contribution in [0, 0.1) is 11.3 Å². The number of carboxylic acid groups (broad SMARTS) is 1. The van der Waals surface area contributed by atoms with Gasteiger partial charge in [-0.25, -0.2) is 0 Å². The summed E-state index contributed by atoms with van der Waals surface area (Å²) in [6, 6.07) is 0. The van der Waals surface area contributed by atoms with Crippen molar-refractivity contribution in [1.29, 1.82) is 0 Å². The third-order valence-electron chi connectivity index (χ3n) is 3.42. The molecular weight excluding hydrogens is 276 g/mol. The van der Waals surface area contributed by atoms with Crippen molar-refractivity contribution >= 4 is 17.9 Å². The van der Waals surface area contributed by atoms with Crippen LogP contribution < -0.4 is 0 Å². The van der Waals surface area contributed by atoms with Crippen molar-refractivity contribution in [3.05, 3.63) is 0 Å². The van der Waals surface area contributed by atoms with Crippen LogP contribution in [0.1, 0.15) is 53.4 Å². The van der Waals surface area contributed by atoms with Gasteiger partial charge in [0.1, 0.15) is 13.2 Å². The average Bonchev–Trinajstić information content (AvgIpc) is 2.42. The molecule has 6 heteroatoms. The molecule has 1 unspecified atom stereocenters. The summed E-state index contributed by atoms with van der Waals surface area (Å²) in [5.41, 5.74) is -0.556. The molecule has 0 bridgehead atoms. The highest BCUT2D eigenvalue weighted by molar-refractivity contribution is 5.78. The van der Waals surface area contributed by atoms with E-state index in [1.165, 1.54) is 0 Å². The van der Waals surface area contributed by atoms with Crippen LogP contribution >= 0.6 is 0 Å². The van der Waals surface area contributed by atoms with Crippen molar-refractivity contribution in [3.63, 3.8) is 0 Å². The SMILES string of the molecule is CCCC(CC(=O)OCCOC(=O)C(C)(C)CC)C(=O)O. The summed E-state index contributed by atoms with van der Waals surface area (Å²) < 4.78 is 9.90. The molecule has 0 aliphatic heterocycles. The normalized spacial score (nSPS) is 12.6. The molecule has 0 saturated carbocycles. The molecule has 0 heterocycles. The minimum atomic E-state index is -0.995. The summed E-state index contributed by atoms with van der Waals surface area (Å²) in [5, 5.41) is 8.94. The van der Waals surface area contributed by atoms with Gasteiger partial charge in [0.25, 0.3) is 0 Å². The molecule has 0 rings (SSSR count). The van der Waals surface area contributed by atoms with Gasteiger partial charge in [0.15, 0.2) is 0 Å². The number of carboxylic acids is 1. The fraction of sp³-hybridized carbons (Fsp3) is 0.800. The number of aliphatic carboxylic acids is 1. The Balaban J connectivity index is 4.00. The lowest BCUT2D eigenvalue weighted by Crippen LogP contribution is -2.27. The number of hydrogen-bond acceptors (Lipinski definition) is 5. The summed E-state index contributed by atoms with van der Waals surface area (Å²) in [6.07, 6.45) is 1.62. The van der Waals surface area contributed by atoms with Crippen molar-refractivity contribution in [1.82, 2.24) is 0 Å². The first kappa shape index (κ1) is 19.4. The van der Waals surface area contributed by atoms with Crippen molar-refractivity contribution in [2.45, 2.75) is 53.4 Å². The number of carbonyl (C=O) groups is 3. The number of esters is 2. The van der Waals surface area contributed by atoms with Crippen molar-refractivity contribution < 1.29 is 29.0 Å². The third-order valence-corrected chi connectivity index (χ3v) is 3.42. The van der Waals surface area contributed by atoms with Crippen LogP contribution in [0.4, 0.5) is 0 Å². The minimum absolute atomic E-state index is 0.0144. The average molecular weight is 302 g/mol. The van der Waals surface area contributed by atoms with Crippen molar-refractivity contribution in [3.8, 4) is 0 Å². The molecule has 0 aromatic rings. The molecule has 0 aliphatic carbocycles. The lowest BCUT2D eigenvalue weighted by atomic mass is 9.91. The van der Waals surface area contributed by atoms with E-state index in [1.54, 1.807) is 13.8 Å². The van der Waals surface area contributed by atoms with Crippen LogP contribution in [0.25, 0.3) is 0 Å². The van der Waals surface area contributed by atoms with Crippen LogP contribution in [0.15, 0.2) is 0 Å². The fourth-order valence-electron chi connectivity index (χ4n) is 1.55. The number of carbonyl (C=O) groups excluding carboxylic acids is 2. The molecule has 122 valence electrons. The van der Waals surface area contributed by atoms with E-state index in [0.717, 1.165) is 0 Å². The highest BCUT2D eigenvalue weighted by Gasteiger charge is 2.27. The summed E-state index contributed by atoms with van der Waals surface area (Å²) in [5.74, 6) is -2.63. The summed E-state index contributed by atoms with van der Waals surface area (Å²) in [6.45, 7) is 7.24. The molecule has 21 heavy (non-hydrogen) atoms. The van der Waals surface area contributed by atoms with Gasteiger partial charge in [-0.3, -0.25) is 14.4 Å². The largest absolute Gasteiger partial charge is 0.481 e. The van der Waals surface area contributed by atoms with Crippen molar-refractivity contribution in [2.24, 2.45) is 11.3 Å². The molecule has 0 saturated heterocycles.